The molecule has 112 valence electrons. The van der Waals surface area contributed by atoms with E-state index in [-0.39, 0.29) is 17.2 Å². The van der Waals surface area contributed by atoms with E-state index in [1.165, 1.54) is 0 Å². The Morgan fingerprint density at radius 1 is 1.36 bits per heavy atom. The summed E-state index contributed by atoms with van der Waals surface area (Å²) >= 11 is 0. The Kier molecular flexibility index (Phi) is 5.09. The van der Waals surface area contributed by atoms with Crippen LogP contribution in [0.5, 0.6) is 5.75 Å². The van der Waals surface area contributed by atoms with Gasteiger partial charge in [-0.1, -0.05) is 48.6 Å². The predicted molar refractivity (Wildman–Crippen MR) is 88.8 cm³/mol. The van der Waals surface area contributed by atoms with E-state index in [4.69, 9.17) is 0 Å². The first-order chi connectivity index (χ1) is 10.6. The summed E-state index contributed by atoms with van der Waals surface area (Å²) in [5, 5.41) is 13.8. The third-order valence-electron chi connectivity index (χ3n) is 3.15. The first-order valence-electron chi connectivity index (χ1n) is 6.93. The van der Waals surface area contributed by atoms with Crippen LogP contribution >= 0.6 is 0 Å². The van der Waals surface area contributed by atoms with E-state index in [1.54, 1.807) is 30.5 Å². The molecule has 1 aromatic heterocycles. The molecule has 0 atom stereocenters. The average Bonchev–Trinajstić information content (AvgIpc) is 2.53. The highest BCUT2D eigenvalue weighted by Crippen LogP contribution is 2.26. The highest BCUT2D eigenvalue weighted by molar-refractivity contribution is 6.02. The van der Waals surface area contributed by atoms with Gasteiger partial charge in [-0.05, 0) is 19.1 Å². The Labute approximate surface area is 129 Å². The fourth-order valence-corrected chi connectivity index (χ4v) is 1.99. The molecule has 2 N–H and O–H groups in total. The fraction of sp³-hybridized carbons (Fsp3) is 0.111. The molecule has 0 fully saturated rings. The molecule has 0 spiro atoms. The lowest BCUT2D eigenvalue weighted by molar-refractivity contribution is 0.0954. The van der Waals surface area contributed by atoms with Crippen molar-refractivity contribution < 1.29 is 9.90 Å². The van der Waals surface area contributed by atoms with Crippen LogP contribution in [0.4, 0.5) is 0 Å². The van der Waals surface area contributed by atoms with E-state index in [0.717, 1.165) is 11.0 Å². The lowest BCUT2D eigenvalue weighted by Gasteiger charge is -2.08. The van der Waals surface area contributed by atoms with Crippen molar-refractivity contribution >= 4 is 16.8 Å². The van der Waals surface area contributed by atoms with E-state index in [0.29, 0.717) is 12.1 Å². The second-order valence-electron chi connectivity index (χ2n) is 4.85. The van der Waals surface area contributed by atoms with Crippen molar-refractivity contribution in [3.05, 3.63) is 72.5 Å². The van der Waals surface area contributed by atoms with Crippen molar-refractivity contribution in [3.63, 3.8) is 0 Å². The van der Waals surface area contributed by atoms with Crippen LogP contribution in [0.3, 0.4) is 0 Å². The first kappa shape index (κ1) is 15.5. The van der Waals surface area contributed by atoms with E-state index in [1.807, 2.05) is 31.2 Å². The maximum atomic E-state index is 12.2. The zero-order chi connectivity index (χ0) is 15.9. The number of hydrogen-bond acceptors (Lipinski definition) is 3. The van der Waals surface area contributed by atoms with Crippen molar-refractivity contribution in [3.8, 4) is 5.75 Å². The molecule has 2 rings (SSSR count). The molecule has 2 aromatic rings. The number of pyridine rings is 1. The monoisotopic (exact) mass is 294 g/mol. The van der Waals surface area contributed by atoms with Crippen molar-refractivity contribution in [1.82, 2.24) is 10.3 Å². The third-order valence-corrected chi connectivity index (χ3v) is 3.15. The number of phenolic OH excluding ortho intramolecular Hbond substituents is 1. The number of nitrogens with one attached hydrogen (secondary N) is 1. The topological polar surface area (TPSA) is 62.2 Å². The summed E-state index contributed by atoms with van der Waals surface area (Å²) in [5.74, 6) is -0.422. The van der Waals surface area contributed by atoms with Crippen LogP contribution in [0.15, 0.2) is 66.9 Å². The number of amides is 1. The van der Waals surface area contributed by atoms with Crippen LogP contribution in [-0.4, -0.2) is 22.5 Å². The van der Waals surface area contributed by atoms with Gasteiger partial charge in [0.05, 0.1) is 5.56 Å². The van der Waals surface area contributed by atoms with E-state index in [9.17, 15) is 9.90 Å². The van der Waals surface area contributed by atoms with Gasteiger partial charge in [-0.25, -0.2) is 0 Å². The highest BCUT2D eigenvalue weighted by Gasteiger charge is 2.14. The molecule has 0 aliphatic rings. The molecule has 22 heavy (non-hydrogen) atoms. The standard InChI is InChI=1S/C18H18N2O2/c1-3-4-5-7-13(2)12-20-18(22)15-10-9-14-8-6-11-19-16(14)17(15)21/h3-11,21H,1,12H2,2H3,(H,20,22)/b5-4-,13-7+. The van der Waals surface area contributed by atoms with Crippen molar-refractivity contribution in [2.45, 2.75) is 6.92 Å². The normalized spacial score (nSPS) is 11.8. The van der Waals surface area contributed by atoms with Crippen molar-refractivity contribution in [1.29, 1.82) is 0 Å². The average molecular weight is 294 g/mol. The van der Waals surface area contributed by atoms with Gasteiger partial charge in [0.2, 0.25) is 0 Å². The maximum Gasteiger partial charge on any atom is 0.255 e. The van der Waals surface area contributed by atoms with Gasteiger partial charge in [0.15, 0.2) is 5.75 Å². The smallest absolute Gasteiger partial charge is 0.255 e. The molecule has 1 amide bonds. The van der Waals surface area contributed by atoms with Crippen LogP contribution in [-0.2, 0) is 0 Å². The number of fused-ring (bicyclic) bond motifs is 1. The summed E-state index contributed by atoms with van der Waals surface area (Å²) in [5.41, 5.74) is 1.64. The zero-order valence-electron chi connectivity index (χ0n) is 12.4. The van der Waals surface area contributed by atoms with Crippen LogP contribution in [0.1, 0.15) is 17.3 Å². The number of nitrogens with zero attached hydrogens (tertiary/aromatic N) is 1. The van der Waals surface area contributed by atoms with Gasteiger partial charge in [-0.2, -0.15) is 0 Å². The Bertz CT molecular complexity index is 761. The van der Waals surface area contributed by atoms with Gasteiger partial charge >= 0.3 is 0 Å². The number of allylic oxidation sites excluding steroid dienone is 4. The predicted octanol–water partition coefficient (Wildman–Crippen LogP) is 3.36. The second kappa shape index (κ2) is 7.22. The van der Waals surface area contributed by atoms with Crippen LogP contribution in [0, 0.1) is 0 Å². The minimum absolute atomic E-state index is 0.0937. The number of carbonyl (C=O) groups excluding carboxylic acids is 1. The van der Waals surface area contributed by atoms with Crippen molar-refractivity contribution in [2.75, 3.05) is 6.54 Å². The summed E-state index contributed by atoms with van der Waals surface area (Å²) in [4.78, 5) is 16.3. The molecule has 0 saturated heterocycles. The van der Waals surface area contributed by atoms with Crippen LogP contribution < -0.4 is 5.32 Å². The molecule has 0 bridgehead atoms. The Morgan fingerprint density at radius 3 is 2.95 bits per heavy atom. The number of benzene rings is 1. The van der Waals surface area contributed by atoms with Gasteiger partial charge in [-0.15, -0.1) is 0 Å². The number of aromatic nitrogens is 1. The van der Waals surface area contributed by atoms with Gasteiger partial charge in [-0.3, -0.25) is 9.78 Å². The minimum Gasteiger partial charge on any atom is -0.505 e. The van der Waals surface area contributed by atoms with Crippen LogP contribution in [0.25, 0.3) is 10.9 Å². The summed E-state index contributed by atoms with van der Waals surface area (Å²) in [6, 6.07) is 6.99. The summed E-state index contributed by atoms with van der Waals surface area (Å²) < 4.78 is 0. The molecule has 0 aliphatic carbocycles. The lowest BCUT2D eigenvalue weighted by Crippen LogP contribution is -2.25. The number of carbonyl (C=O) groups is 1. The number of phenols is 1. The Hall–Kier alpha value is -2.88. The van der Waals surface area contributed by atoms with Gasteiger partial charge in [0.25, 0.3) is 5.91 Å². The first-order valence-corrected chi connectivity index (χ1v) is 6.93. The third kappa shape index (κ3) is 3.61. The fourth-order valence-electron chi connectivity index (χ4n) is 1.99. The highest BCUT2D eigenvalue weighted by atomic mass is 16.3. The minimum atomic E-state index is -0.328. The van der Waals surface area contributed by atoms with Crippen molar-refractivity contribution in [2.24, 2.45) is 0 Å². The van der Waals surface area contributed by atoms with E-state index >= 15 is 0 Å². The maximum absolute atomic E-state index is 12.2. The molecule has 1 heterocycles. The molecular weight excluding hydrogens is 276 g/mol. The summed E-state index contributed by atoms with van der Waals surface area (Å²) in [6.07, 6.45) is 8.83. The number of hydrogen-bond donors (Lipinski definition) is 2. The quantitative estimate of drug-likeness (QED) is 0.831. The molecule has 4 nitrogen and oxygen atoms in total. The largest absolute Gasteiger partial charge is 0.505 e. The summed E-state index contributed by atoms with van der Waals surface area (Å²) in [6.45, 7) is 5.90. The zero-order valence-corrected chi connectivity index (χ0v) is 12.4. The molecule has 1 aromatic carbocycles. The molecule has 0 unspecified atom stereocenters. The Balaban J connectivity index is 2.13. The van der Waals surface area contributed by atoms with Gasteiger partial charge in [0.1, 0.15) is 5.52 Å². The molecule has 0 saturated carbocycles. The summed E-state index contributed by atoms with van der Waals surface area (Å²) in [7, 11) is 0. The van der Waals surface area contributed by atoms with Gasteiger partial charge < -0.3 is 10.4 Å². The number of rotatable bonds is 5. The molecule has 0 aliphatic heterocycles. The lowest BCUT2D eigenvalue weighted by atomic mass is 10.1. The molecule has 4 heteroatoms. The second-order valence-corrected chi connectivity index (χ2v) is 4.85. The Morgan fingerprint density at radius 2 is 2.18 bits per heavy atom. The molecule has 0 radical (unpaired) electrons. The number of aromatic hydroxyl groups is 1. The van der Waals surface area contributed by atoms with E-state index in [2.05, 4.69) is 16.9 Å². The SMILES string of the molecule is C=C/C=C\C=C(/C)CNC(=O)c1ccc2cccnc2c1O. The van der Waals surface area contributed by atoms with Crippen LogP contribution in [0.2, 0.25) is 0 Å². The molecular formula is C18H18N2O2. The van der Waals surface area contributed by atoms with Gasteiger partial charge in [0, 0.05) is 18.1 Å². The van der Waals surface area contributed by atoms with E-state index < -0.39 is 0 Å².